The molecular formula is C21H31N3O3. The van der Waals surface area contributed by atoms with Gasteiger partial charge in [0.1, 0.15) is 6.61 Å². The number of likely N-dealkylation sites (tertiary alicyclic amines) is 1. The zero-order valence-electron chi connectivity index (χ0n) is 16.1. The molecule has 0 aliphatic carbocycles. The minimum atomic E-state index is -0.529. The fraction of sp³-hybridized carbons (Fsp3) is 0.619. The maximum atomic E-state index is 12.5. The van der Waals surface area contributed by atoms with Gasteiger partial charge in [-0.3, -0.25) is 9.69 Å². The van der Waals surface area contributed by atoms with Gasteiger partial charge in [0.05, 0.1) is 6.54 Å². The van der Waals surface area contributed by atoms with Gasteiger partial charge in [0.15, 0.2) is 0 Å². The summed E-state index contributed by atoms with van der Waals surface area (Å²) < 4.78 is 5.33. The van der Waals surface area contributed by atoms with Gasteiger partial charge in [-0.05, 0) is 57.4 Å². The number of imide groups is 1. The maximum absolute atomic E-state index is 12.5. The lowest BCUT2D eigenvalue weighted by atomic mass is 10.1. The summed E-state index contributed by atoms with van der Waals surface area (Å²) in [5, 5.41) is 0. The van der Waals surface area contributed by atoms with Crippen molar-refractivity contribution in [2.24, 2.45) is 0 Å². The molecule has 27 heavy (non-hydrogen) atoms. The maximum Gasteiger partial charge on any atom is 0.416 e. The summed E-state index contributed by atoms with van der Waals surface area (Å²) >= 11 is 0. The molecule has 0 N–H and O–H groups in total. The first-order valence-corrected chi connectivity index (χ1v) is 10.2. The van der Waals surface area contributed by atoms with Gasteiger partial charge in [0.25, 0.3) is 0 Å². The predicted molar refractivity (Wildman–Crippen MR) is 104 cm³/mol. The smallest absolute Gasteiger partial charge is 0.416 e. The van der Waals surface area contributed by atoms with Gasteiger partial charge < -0.3 is 9.64 Å². The molecule has 0 atom stereocenters. The van der Waals surface area contributed by atoms with E-state index in [1.807, 2.05) is 30.3 Å². The van der Waals surface area contributed by atoms with Crippen LogP contribution in [0.25, 0.3) is 0 Å². The van der Waals surface area contributed by atoms with Crippen molar-refractivity contribution < 1.29 is 14.3 Å². The van der Waals surface area contributed by atoms with E-state index in [1.54, 1.807) is 0 Å². The molecule has 0 saturated carbocycles. The van der Waals surface area contributed by atoms with Crippen LogP contribution in [0.3, 0.4) is 0 Å². The number of carbonyl (C=O) groups is 2. The van der Waals surface area contributed by atoms with Gasteiger partial charge >= 0.3 is 6.09 Å². The Bertz CT molecular complexity index is 602. The number of piperidine rings is 1. The first-order valence-electron chi connectivity index (χ1n) is 10.2. The molecule has 6 nitrogen and oxygen atoms in total. The molecule has 0 aromatic heterocycles. The molecule has 2 amide bonds. The van der Waals surface area contributed by atoms with Crippen LogP contribution in [0.2, 0.25) is 0 Å². The van der Waals surface area contributed by atoms with E-state index < -0.39 is 6.09 Å². The van der Waals surface area contributed by atoms with E-state index >= 15 is 0 Å². The fourth-order valence-corrected chi connectivity index (χ4v) is 3.81. The van der Waals surface area contributed by atoms with E-state index in [0.717, 1.165) is 38.0 Å². The molecule has 2 aliphatic rings. The average Bonchev–Trinajstić information content (AvgIpc) is 2.89. The second kappa shape index (κ2) is 10.4. The third-order valence-electron chi connectivity index (χ3n) is 5.34. The Balaban J connectivity index is 1.40. The highest BCUT2D eigenvalue weighted by atomic mass is 16.6. The van der Waals surface area contributed by atoms with Crippen LogP contribution in [-0.4, -0.2) is 72.5 Å². The molecule has 0 bridgehead atoms. The Morgan fingerprint density at radius 3 is 2.37 bits per heavy atom. The lowest BCUT2D eigenvalue weighted by Gasteiger charge is -2.27. The number of nitrogens with zero attached hydrogens (tertiary/aromatic N) is 3. The van der Waals surface area contributed by atoms with Crippen molar-refractivity contribution in [1.82, 2.24) is 14.7 Å². The molecular weight excluding hydrogens is 342 g/mol. The van der Waals surface area contributed by atoms with Crippen molar-refractivity contribution in [3.8, 4) is 0 Å². The molecule has 6 heteroatoms. The number of ether oxygens (including phenoxy) is 1. The molecule has 148 valence electrons. The van der Waals surface area contributed by atoms with Crippen molar-refractivity contribution in [2.45, 2.75) is 38.7 Å². The van der Waals surface area contributed by atoms with E-state index in [9.17, 15) is 9.59 Å². The third-order valence-corrected chi connectivity index (χ3v) is 5.34. The summed E-state index contributed by atoms with van der Waals surface area (Å²) in [7, 11) is 0. The molecule has 1 aromatic rings. The molecule has 0 unspecified atom stereocenters. The van der Waals surface area contributed by atoms with Crippen LogP contribution in [0.5, 0.6) is 0 Å². The minimum Gasteiger partial charge on any atom is -0.444 e. The average molecular weight is 373 g/mol. The summed E-state index contributed by atoms with van der Waals surface area (Å²) in [5.41, 5.74) is 0.924. The highest BCUT2D eigenvalue weighted by Gasteiger charge is 2.27. The number of amides is 2. The number of hydrogen-bond donors (Lipinski definition) is 0. The molecule has 0 radical (unpaired) electrons. The lowest BCUT2D eigenvalue weighted by Crippen LogP contribution is -2.41. The number of hydrogen-bond acceptors (Lipinski definition) is 5. The van der Waals surface area contributed by atoms with Crippen molar-refractivity contribution in [3.05, 3.63) is 35.9 Å². The van der Waals surface area contributed by atoms with Crippen LogP contribution in [0.1, 0.15) is 37.7 Å². The summed E-state index contributed by atoms with van der Waals surface area (Å²) in [5.74, 6) is -0.150. The Kier molecular flexibility index (Phi) is 7.66. The molecule has 2 heterocycles. The van der Waals surface area contributed by atoms with Gasteiger partial charge in [0, 0.05) is 13.1 Å². The van der Waals surface area contributed by atoms with Crippen LogP contribution in [-0.2, 0) is 16.1 Å². The minimum absolute atomic E-state index is 0.150. The van der Waals surface area contributed by atoms with Gasteiger partial charge in [-0.2, -0.15) is 0 Å². The third kappa shape index (κ3) is 6.33. The van der Waals surface area contributed by atoms with Crippen molar-refractivity contribution >= 4 is 12.0 Å². The Hall–Kier alpha value is -1.92. The predicted octanol–water partition coefficient (Wildman–Crippen LogP) is 2.73. The van der Waals surface area contributed by atoms with Gasteiger partial charge in [-0.25, -0.2) is 9.69 Å². The zero-order chi connectivity index (χ0) is 18.9. The van der Waals surface area contributed by atoms with E-state index in [4.69, 9.17) is 4.74 Å². The second-order valence-electron chi connectivity index (χ2n) is 7.47. The summed E-state index contributed by atoms with van der Waals surface area (Å²) in [6.45, 7) is 6.23. The molecule has 1 aromatic carbocycles. The van der Waals surface area contributed by atoms with E-state index in [0.29, 0.717) is 13.1 Å². The summed E-state index contributed by atoms with van der Waals surface area (Å²) in [6, 6.07) is 9.54. The SMILES string of the molecule is O=C1CN(CCCN2CCCCC2)CCCN1C(=O)OCc1ccccc1. The van der Waals surface area contributed by atoms with Crippen LogP contribution in [0.15, 0.2) is 30.3 Å². The van der Waals surface area contributed by atoms with Crippen molar-refractivity contribution in [2.75, 3.05) is 45.8 Å². The number of rotatable bonds is 6. The molecule has 3 rings (SSSR count). The first-order chi connectivity index (χ1) is 13.2. The summed E-state index contributed by atoms with van der Waals surface area (Å²) in [4.78, 5) is 30.8. The largest absolute Gasteiger partial charge is 0.444 e. The van der Waals surface area contributed by atoms with Gasteiger partial charge in [-0.1, -0.05) is 36.8 Å². The van der Waals surface area contributed by atoms with Gasteiger partial charge in [-0.15, -0.1) is 0 Å². The topological polar surface area (TPSA) is 53.1 Å². The van der Waals surface area contributed by atoms with E-state index in [1.165, 1.54) is 37.3 Å². The second-order valence-corrected chi connectivity index (χ2v) is 7.47. The van der Waals surface area contributed by atoms with Crippen LogP contribution >= 0.6 is 0 Å². The van der Waals surface area contributed by atoms with Crippen molar-refractivity contribution in [3.63, 3.8) is 0 Å². The van der Waals surface area contributed by atoms with Gasteiger partial charge in [0.2, 0.25) is 5.91 Å². The number of carbonyl (C=O) groups excluding carboxylic acids is 2. The zero-order valence-corrected chi connectivity index (χ0v) is 16.1. The molecule has 2 saturated heterocycles. The number of benzene rings is 1. The first kappa shape index (κ1) is 19.8. The molecule has 2 aliphatic heterocycles. The van der Waals surface area contributed by atoms with Crippen LogP contribution in [0.4, 0.5) is 4.79 Å². The van der Waals surface area contributed by atoms with Crippen LogP contribution < -0.4 is 0 Å². The lowest BCUT2D eigenvalue weighted by molar-refractivity contribution is -0.129. The highest BCUT2D eigenvalue weighted by molar-refractivity contribution is 5.93. The Morgan fingerprint density at radius 2 is 1.59 bits per heavy atom. The van der Waals surface area contributed by atoms with E-state index in [2.05, 4.69) is 9.80 Å². The standard InChI is InChI=1S/C21H31N3O3/c25-20-17-23(14-7-13-22-11-5-2-6-12-22)15-8-16-24(20)21(26)27-18-19-9-3-1-4-10-19/h1,3-4,9-10H,2,5-8,11-18H2. The normalized spacial score (nSPS) is 19.7. The summed E-state index contributed by atoms with van der Waals surface area (Å²) in [6.07, 6.45) is 5.32. The molecule has 2 fully saturated rings. The quantitative estimate of drug-likeness (QED) is 0.767. The van der Waals surface area contributed by atoms with E-state index in [-0.39, 0.29) is 12.5 Å². The monoisotopic (exact) mass is 373 g/mol. The Labute approximate surface area is 162 Å². The van der Waals surface area contributed by atoms with Crippen molar-refractivity contribution in [1.29, 1.82) is 0 Å². The molecule has 0 spiro atoms. The Morgan fingerprint density at radius 1 is 0.889 bits per heavy atom. The highest BCUT2D eigenvalue weighted by Crippen LogP contribution is 2.11. The fourth-order valence-electron chi connectivity index (χ4n) is 3.81. The van der Waals surface area contributed by atoms with Crippen LogP contribution in [0, 0.1) is 0 Å².